The number of likely N-dealkylation sites (tertiary alicyclic amines) is 1. The molecule has 5 nitrogen and oxygen atoms in total. The molecule has 20 heavy (non-hydrogen) atoms. The standard InChI is InChI=1S/C14H18N2O3S/c17-13-4-1-9-7-16(6-5-11(9)15-13)8-10-2-3-12(20-10)14(18)19/h2-3,9,11H,1,4-8H2,(H,15,17)(H,18,19). The Hall–Kier alpha value is -1.40. The van der Waals surface area contributed by atoms with Gasteiger partial charge in [-0.2, -0.15) is 0 Å². The predicted molar refractivity (Wildman–Crippen MR) is 75.8 cm³/mol. The molecule has 0 spiro atoms. The summed E-state index contributed by atoms with van der Waals surface area (Å²) in [6, 6.07) is 3.92. The Bertz CT molecular complexity index is 528. The summed E-state index contributed by atoms with van der Waals surface area (Å²) >= 11 is 1.35. The third-order valence-electron chi connectivity index (χ3n) is 4.16. The Kier molecular flexibility index (Phi) is 3.76. The van der Waals surface area contributed by atoms with Crippen LogP contribution in [0.2, 0.25) is 0 Å². The molecule has 2 N–H and O–H groups in total. The van der Waals surface area contributed by atoms with Crippen LogP contribution in [0.5, 0.6) is 0 Å². The number of carboxylic acid groups (broad SMARTS) is 1. The number of aromatic carboxylic acids is 1. The molecule has 1 aromatic heterocycles. The number of hydrogen-bond donors (Lipinski definition) is 2. The highest BCUT2D eigenvalue weighted by atomic mass is 32.1. The van der Waals surface area contributed by atoms with Gasteiger partial charge < -0.3 is 10.4 Å². The van der Waals surface area contributed by atoms with Gasteiger partial charge in [0.25, 0.3) is 0 Å². The van der Waals surface area contributed by atoms with Crippen LogP contribution in [0.4, 0.5) is 0 Å². The van der Waals surface area contributed by atoms with Crippen molar-refractivity contribution in [1.29, 1.82) is 0 Å². The van der Waals surface area contributed by atoms with Gasteiger partial charge in [0, 0.05) is 37.0 Å². The van der Waals surface area contributed by atoms with Crippen LogP contribution in [0.1, 0.15) is 33.8 Å². The number of carbonyl (C=O) groups excluding carboxylic acids is 1. The van der Waals surface area contributed by atoms with Crippen molar-refractivity contribution >= 4 is 23.2 Å². The molecule has 2 aliphatic heterocycles. The maximum atomic E-state index is 11.4. The number of fused-ring (bicyclic) bond motifs is 1. The van der Waals surface area contributed by atoms with Crippen molar-refractivity contribution in [3.8, 4) is 0 Å². The minimum atomic E-state index is -0.852. The third-order valence-corrected chi connectivity index (χ3v) is 5.22. The van der Waals surface area contributed by atoms with Crippen molar-refractivity contribution in [2.45, 2.75) is 31.8 Å². The monoisotopic (exact) mass is 294 g/mol. The van der Waals surface area contributed by atoms with E-state index in [-0.39, 0.29) is 5.91 Å². The number of piperidine rings is 2. The van der Waals surface area contributed by atoms with Crippen molar-refractivity contribution in [3.05, 3.63) is 21.9 Å². The molecular weight excluding hydrogens is 276 g/mol. The number of thiophene rings is 1. The minimum absolute atomic E-state index is 0.184. The van der Waals surface area contributed by atoms with Gasteiger partial charge in [-0.05, 0) is 30.9 Å². The van der Waals surface area contributed by atoms with E-state index in [1.807, 2.05) is 6.07 Å². The van der Waals surface area contributed by atoms with Gasteiger partial charge in [0.2, 0.25) is 5.91 Å². The Balaban J connectivity index is 1.59. The summed E-state index contributed by atoms with van der Waals surface area (Å²) in [6.07, 6.45) is 2.60. The highest BCUT2D eigenvalue weighted by Crippen LogP contribution is 2.27. The van der Waals surface area contributed by atoms with Gasteiger partial charge in [0.1, 0.15) is 4.88 Å². The molecule has 0 radical (unpaired) electrons. The molecule has 0 aromatic carbocycles. The molecule has 3 rings (SSSR count). The highest BCUT2D eigenvalue weighted by Gasteiger charge is 2.33. The number of carbonyl (C=O) groups is 2. The molecule has 2 unspecified atom stereocenters. The molecule has 3 heterocycles. The number of carboxylic acids is 1. The molecule has 1 aromatic rings. The van der Waals surface area contributed by atoms with Crippen LogP contribution in [0, 0.1) is 5.92 Å². The maximum absolute atomic E-state index is 11.4. The second kappa shape index (κ2) is 5.54. The molecule has 2 atom stereocenters. The van der Waals surface area contributed by atoms with Crippen LogP contribution in [-0.4, -0.2) is 41.0 Å². The molecule has 2 saturated heterocycles. The average Bonchev–Trinajstić information content (AvgIpc) is 2.88. The van der Waals surface area contributed by atoms with Gasteiger partial charge in [-0.1, -0.05) is 0 Å². The zero-order valence-corrected chi connectivity index (χ0v) is 12.0. The van der Waals surface area contributed by atoms with Gasteiger partial charge >= 0.3 is 5.97 Å². The first-order valence-corrected chi connectivity index (χ1v) is 7.77. The quantitative estimate of drug-likeness (QED) is 0.887. The van der Waals surface area contributed by atoms with Gasteiger partial charge in [-0.3, -0.25) is 9.69 Å². The SMILES string of the molecule is O=C1CCC2CN(Cc3ccc(C(=O)O)s3)CCC2N1. The molecule has 108 valence electrons. The Morgan fingerprint density at radius 2 is 2.30 bits per heavy atom. The van der Waals surface area contributed by atoms with Crippen molar-refractivity contribution in [1.82, 2.24) is 10.2 Å². The van der Waals surface area contributed by atoms with Gasteiger partial charge in [-0.15, -0.1) is 11.3 Å². The zero-order valence-electron chi connectivity index (χ0n) is 11.2. The summed E-state index contributed by atoms with van der Waals surface area (Å²) in [5.74, 6) is -0.126. The number of nitrogens with zero attached hydrogens (tertiary/aromatic N) is 1. The Morgan fingerprint density at radius 1 is 1.45 bits per heavy atom. The molecule has 0 bridgehead atoms. The van der Waals surface area contributed by atoms with E-state index in [1.54, 1.807) is 6.07 Å². The lowest BCUT2D eigenvalue weighted by Crippen LogP contribution is -2.53. The number of rotatable bonds is 3. The first kappa shape index (κ1) is 13.6. The summed E-state index contributed by atoms with van der Waals surface area (Å²) in [5.41, 5.74) is 0. The first-order chi connectivity index (χ1) is 9.61. The lowest BCUT2D eigenvalue weighted by Gasteiger charge is -2.41. The van der Waals surface area contributed by atoms with Crippen molar-refractivity contribution in [2.24, 2.45) is 5.92 Å². The molecule has 1 amide bonds. The fraction of sp³-hybridized carbons (Fsp3) is 0.571. The number of nitrogens with one attached hydrogen (secondary N) is 1. The van der Waals surface area contributed by atoms with E-state index in [0.29, 0.717) is 23.3 Å². The summed E-state index contributed by atoms with van der Waals surface area (Å²) in [5, 5.41) is 12.0. The molecule has 2 aliphatic rings. The van der Waals surface area contributed by atoms with Crippen molar-refractivity contribution in [3.63, 3.8) is 0 Å². The maximum Gasteiger partial charge on any atom is 0.345 e. The van der Waals surface area contributed by atoms with Crippen LogP contribution in [0.25, 0.3) is 0 Å². The fourth-order valence-electron chi connectivity index (χ4n) is 3.13. The topological polar surface area (TPSA) is 69.6 Å². The van der Waals surface area contributed by atoms with Crippen LogP contribution in [-0.2, 0) is 11.3 Å². The zero-order chi connectivity index (χ0) is 14.1. The van der Waals surface area contributed by atoms with E-state index in [4.69, 9.17) is 5.11 Å². The molecule has 0 saturated carbocycles. The van der Waals surface area contributed by atoms with Crippen molar-refractivity contribution < 1.29 is 14.7 Å². The largest absolute Gasteiger partial charge is 0.477 e. The van der Waals surface area contributed by atoms with Crippen LogP contribution in [0.3, 0.4) is 0 Å². The first-order valence-electron chi connectivity index (χ1n) is 6.95. The summed E-state index contributed by atoms with van der Waals surface area (Å²) in [6.45, 7) is 2.77. The predicted octanol–water partition coefficient (Wildman–Crippen LogP) is 1.55. The number of amides is 1. The lowest BCUT2D eigenvalue weighted by atomic mass is 9.85. The lowest BCUT2D eigenvalue weighted by molar-refractivity contribution is -0.125. The van der Waals surface area contributed by atoms with E-state index in [2.05, 4.69) is 10.2 Å². The van der Waals surface area contributed by atoms with Gasteiger partial charge in [0.05, 0.1) is 0 Å². The van der Waals surface area contributed by atoms with Gasteiger partial charge in [0.15, 0.2) is 0 Å². The van der Waals surface area contributed by atoms with E-state index in [9.17, 15) is 9.59 Å². The molecular formula is C14H18N2O3S. The Morgan fingerprint density at radius 3 is 3.05 bits per heavy atom. The second-order valence-electron chi connectivity index (χ2n) is 5.57. The normalized spacial score (nSPS) is 26.9. The summed E-state index contributed by atoms with van der Waals surface area (Å²) in [7, 11) is 0. The highest BCUT2D eigenvalue weighted by molar-refractivity contribution is 7.13. The van der Waals surface area contributed by atoms with Gasteiger partial charge in [-0.25, -0.2) is 4.79 Å². The molecule has 0 aliphatic carbocycles. The van der Waals surface area contributed by atoms with Crippen LogP contribution in [0.15, 0.2) is 12.1 Å². The smallest absolute Gasteiger partial charge is 0.345 e. The molecule has 6 heteroatoms. The summed E-state index contributed by atoms with van der Waals surface area (Å²) < 4.78 is 0. The number of hydrogen-bond acceptors (Lipinski definition) is 4. The summed E-state index contributed by atoms with van der Waals surface area (Å²) in [4.78, 5) is 26.1. The fourth-order valence-corrected chi connectivity index (χ4v) is 4.02. The van der Waals surface area contributed by atoms with Crippen LogP contribution < -0.4 is 5.32 Å². The Labute approximate surface area is 121 Å². The van der Waals surface area contributed by atoms with E-state index in [0.717, 1.165) is 37.4 Å². The van der Waals surface area contributed by atoms with E-state index >= 15 is 0 Å². The average molecular weight is 294 g/mol. The third kappa shape index (κ3) is 2.86. The van der Waals surface area contributed by atoms with E-state index < -0.39 is 5.97 Å². The van der Waals surface area contributed by atoms with Crippen LogP contribution >= 0.6 is 11.3 Å². The second-order valence-corrected chi connectivity index (χ2v) is 6.74. The minimum Gasteiger partial charge on any atom is -0.477 e. The molecule has 2 fully saturated rings. The van der Waals surface area contributed by atoms with E-state index in [1.165, 1.54) is 11.3 Å². The van der Waals surface area contributed by atoms with Crippen molar-refractivity contribution in [2.75, 3.05) is 13.1 Å².